The van der Waals surface area contributed by atoms with E-state index in [1.165, 1.54) is 10.9 Å². The van der Waals surface area contributed by atoms with E-state index in [1.54, 1.807) is 0 Å². The van der Waals surface area contributed by atoms with Crippen molar-refractivity contribution in [3.05, 3.63) is 29.3 Å². The lowest BCUT2D eigenvalue weighted by Gasteiger charge is -2.26. The van der Waals surface area contributed by atoms with Gasteiger partial charge in [-0.1, -0.05) is 0 Å². The van der Waals surface area contributed by atoms with Crippen LogP contribution in [-0.2, 0) is 39.4 Å². The van der Waals surface area contributed by atoms with Gasteiger partial charge in [-0.05, 0) is 11.8 Å². The number of nitrogens with one attached hydrogen (secondary N) is 1. The molecule has 20 nitrogen and oxygen atoms in total. The molecule has 244 valence electrons. The molecule has 2 unspecified atom stereocenters. The number of aliphatic hydroxyl groups excluding tert-OH is 1. The summed E-state index contributed by atoms with van der Waals surface area (Å²) in [6, 6.07) is 0. The number of ether oxygens (including phenoxy) is 2. The Kier molecular flexibility index (Phi) is 8.69. The third kappa shape index (κ3) is 5.97. The maximum atomic E-state index is 15.6. The van der Waals surface area contributed by atoms with Crippen LogP contribution in [0.2, 0.25) is 0 Å². The van der Waals surface area contributed by atoms with Gasteiger partial charge in [-0.3, -0.25) is 28.0 Å². The molecule has 6 rings (SSSR count). The van der Waals surface area contributed by atoms with Gasteiger partial charge in [-0.2, -0.15) is 4.98 Å². The Hall–Kier alpha value is -3.08. The Bertz CT molecular complexity index is 1870. The summed E-state index contributed by atoms with van der Waals surface area (Å²) in [5, 5.41) is 9.65. The van der Waals surface area contributed by atoms with E-state index in [4.69, 9.17) is 46.3 Å². The summed E-state index contributed by atoms with van der Waals surface area (Å²) < 4.78 is 71.9. The summed E-state index contributed by atoms with van der Waals surface area (Å²) in [5.74, 6) is -0.268. The predicted octanol–water partition coefficient (Wildman–Crippen LogP) is -1.03. The number of alkyl halides is 2. The summed E-state index contributed by atoms with van der Waals surface area (Å²) in [4.78, 5) is 54.6. The van der Waals surface area contributed by atoms with Crippen LogP contribution in [0.25, 0.3) is 22.3 Å². The number of aromatic nitrogens is 8. The predicted molar refractivity (Wildman–Crippen MR) is 150 cm³/mol. The van der Waals surface area contributed by atoms with Crippen LogP contribution in [0.4, 0.5) is 20.5 Å². The van der Waals surface area contributed by atoms with Gasteiger partial charge < -0.3 is 44.9 Å². The normalized spacial score (nSPS) is 30.7. The fourth-order valence-electron chi connectivity index (χ4n) is 5.02. The highest BCUT2D eigenvalue weighted by atomic mass is 32.5. The van der Waals surface area contributed by atoms with Crippen molar-refractivity contribution >= 4 is 60.9 Å². The molecular formula is C20H24F2N10O10P2S. The van der Waals surface area contributed by atoms with Crippen molar-refractivity contribution in [3.63, 3.8) is 0 Å². The van der Waals surface area contributed by atoms with E-state index in [0.717, 1.165) is 17.2 Å². The van der Waals surface area contributed by atoms with Crippen LogP contribution in [0, 0.1) is 0 Å². The van der Waals surface area contributed by atoms with Gasteiger partial charge in [0.15, 0.2) is 47.4 Å². The Morgan fingerprint density at radius 2 is 1.73 bits per heavy atom. The average molecular weight is 696 g/mol. The maximum absolute atomic E-state index is 15.6. The minimum Gasteiger partial charge on any atom is -0.394 e. The van der Waals surface area contributed by atoms with Crippen LogP contribution in [0.5, 0.6) is 0 Å². The Morgan fingerprint density at radius 3 is 2.44 bits per heavy atom. The molecule has 10 atom stereocenters. The number of nitrogens with two attached hydrogens (primary N) is 2. The monoisotopic (exact) mass is 696 g/mol. The zero-order valence-corrected chi connectivity index (χ0v) is 25.1. The standard InChI is InChI=1S/C20H24F2N10O10P2S/c21-8-6(1-33)39-19(32-5-28-11-16(32)29-20(24)30-17(11)34)13(8)42-44(37,45)38-2-7-12(41-43(35)36)9(22)18(40-7)31-4-27-10-14(23)25-3-26-15(10)31/h3-9,12-13,18-19,33,43H,1-2H2,(H,35,36)(H,37,45)(H2,23,25,26)(H3,24,29,30,34)/t6-,7-,8-,9+,12-,13-,18-,19-,44?/m1/s1. The number of anilines is 2. The van der Waals surface area contributed by atoms with Crippen LogP contribution < -0.4 is 17.0 Å². The van der Waals surface area contributed by atoms with E-state index in [0.29, 0.717) is 0 Å². The number of hydrogen-bond donors (Lipinski definition) is 6. The van der Waals surface area contributed by atoms with Crippen molar-refractivity contribution in [1.29, 1.82) is 0 Å². The fourth-order valence-corrected chi connectivity index (χ4v) is 6.94. The van der Waals surface area contributed by atoms with Crippen LogP contribution >= 0.6 is 15.0 Å². The van der Waals surface area contributed by atoms with Crippen LogP contribution in [0.15, 0.2) is 23.8 Å². The van der Waals surface area contributed by atoms with Crippen molar-refractivity contribution in [2.75, 3.05) is 24.7 Å². The topological polar surface area (TPSA) is 283 Å². The van der Waals surface area contributed by atoms with Gasteiger partial charge in [-0.25, -0.2) is 28.7 Å². The van der Waals surface area contributed by atoms with Gasteiger partial charge in [0, 0.05) is 0 Å². The number of imidazole rings is 2. The van der Waals surface area contributed by atoms with Crippen LogP contribution in [-0.4, -0.2) is 104 Å². The number of aromatic amines is 1. The molecule has 0 aromatic carbocycles. The summed E-state index contributed by atoms with van der Waals surface area (Å²) in [7, 11) is -3.71. The smallest absolute Gasteiger partial charge is 0.325 e. The van der Waals surface area contributed by atoms with E-state index >= 15 is 8.78 Å². The molecule has 0 aliphatic carbocycles. The molecule has 2 aliphatic rings. The molecule has 0 saturated carbocycles. The molecule has 2 aliphatic heterocycles. The summed E-state index contributed by atoms with van der Waals surface area (Å²) >= 11 is 5.09. The van der Waals surface area contributed by atoms with Crippen molar-refractivity contribution < 1.29 is 51.3 Å². The van der Waals surface area contributed by atoms with Crippen LogP contribution in [0.1, 0.15) is 12.5 Å². The highest BCUT2D eigenvalue weighted by Crippen LogP contribution is 2.51. The van der Waals surface area contributed by atoms with Gasteiger partial charge in [0.05, 0.1) is 25.9 Å². The summed E-state index contributed by atoms with van der Waals surface area (Å²) in [6.45, 7) is -6.01. The van der Waals surface area contributed by atoms with Crippen molar-refractivity contribution in [2.24, 2.45) is 0 Å². The molecule has 25 heteroatoms. The summed E-state index contributed by atoms with van der Waals surface area (Å²) in [6.07, 6.45) is -10.1. The second-order valence-corrected chi connectivity index (χ2v) is 13.3. The Balaban J connectivity index is 1.22. The van der Waals surface area contributed by atoms with Crippen molar-refractivity contribution in [1.82, 2.24) is 39.0 Å². The van der Waals surface area contributed by atoms with Gasteiger partial charge in [0.25, 0.3) is 5.56 Å². The molecule has 8 N–H and O–H groups in total. The number of hydrogen-bond acceptors (Lipinski definition) is 16. The number of nitrogen functional groups attached to an aromatic ring is 2. The van der Waals surface area contributed by atoms with E-state index in [1.807, 2.05) is 0 Å². The first-order valence-electron chi connectivity index (χ1n) is 12.8. The zero-order chi connectivity index (χ0) is 32.2. The number of nitrogens with zero attached hydrogens (tertiary/aromatic N) is 7. The van der Waals surface area contributed by atoms with Crippen molar-refractivity contribution in [2.45, 2.75) is 49.2 Å². The van der Waals surface area contributed by atoms with E-state index in [-0.39, 0.29) is 34.1 Å². The first-order chi connectivity index (χ1) is 21.4. The second-order valence-electron chi connectivity index (χ2n) is 9.74. The first-order valence-corrected chi connectivity index (χ1v) is 16.6. The first kappa shape index (κ1) is 31.9. The highest BCUT2D eigenvalue weighted by Gasteiger charge is 2.51. The third-order valence-electron chi connectivity index (χ3n) is 6.99. The molecule has 4 aromatic heterocycles. The highest BCUT2D eigenvalue weighted by molar-refractivity contribution is 8.07. The lowest BCUT2D eigenvalue weighted by Crippen LogP contribution is -2.34. The van der Waals surface area contributed by atoms with Crippen LogP contribution in [0.3, 0.4) is 0 Å². The molecule has 6 heterocycles. The SMILES string of the molecule is Nc1nc2c(ncn2[C@@H]2O[C@H](CO)[C@@H](F)[C@H]2OP(O)(=S)OC[C@H]2O[C@@H](n3cnc4c(N)ncnc43)[C@@H](F)[C@@H]2O[PH](=O)O)c(=O)[nH]1. The number of H-pyrrole nitrogens is 1. The van der Waals surface area contributed by atoms with Gasteiger partial charge in [0.2, 0.25) is 5.95 Å². The molecule has 0 amide bonds. The van der Waals surface area contributed by atoms with E-state index in [9.17, 15) is 24.3 Å². The minimum absolute atomic E-state index is 0.0110. The molecular weight excluding hydrogens is 672 g/mol. The number of fused-ring (bicyclic) bond motifs is 2. The summed E-state index contributed by atoms with van der Waals surface area (Å²) in [5.41, 5.74) is 10.7. The quantitative estimate of drug-likeness (QED) is 0.108. The lowest BCUT2D eigenvalue weighted by molar-refractivity contribution is -0.0542. The zero-order valence-electron chi connectivity index (χ0n) is 22.4. The fraction of sp³-hybridized carbons (Fsp3) is 0.500. The molecule has 0 radical (unpaired) electrons. The third-order valence-corrected chi connectivity index (χ3v) is 9.02. The largest absolute Gasteiger partial charge is 0.394 e. The maximum Gasteiger partial charge on any atom is 0.325 e. The Labute approximate surface area is 254 Å². The van der Waals surface area contributed by atoms with E-state index in [2.05, 4.69) is 29.9 Å². The lowest BCUT2D eigenvalue weighted by atomic mass is 10.1. The minimum atomic E-state index is -4.45. The molecule has 2 fully saturated rings. The second kappa shape index (κ2) is 12.3. The number of aliphatic hydroxyl groups is 1. The van der Waals surface area contributed by atoms with Gasteiger partial charge in [-0.15, -0.1) is 0 Å². The molecule has 0 spiro atoms. The molecule has 4 aromatic rings. The van der Waals surface area contributed by atoms with Crippen molar-refractivity contribution in [3.8, 4) is 0 Å². The molecule has 45 heavy (non-hydrogen) atoms. The van der Waals surface area contributed by atoms with Gasteiger partial charge in [0.1, 0.15) is 36.3 Å². The van der Waals surface area contributed by atoms with E-state index < -0.39 is 83.0 Å². The number of rotatable bonds is 10. The van der Waals surface area contributed by atoms with Gasteiger partial charge >= 0.3 is 15.0 Å². The Morgan fingerprint density at radius 1 is 1.04 bits per heavy atom. The average Bonchev–Trinajstić information content (AvgIpc) is 3.73. The molecule has 2 saturated heterocycles. The number of halogens is 2. The molecule has 0 bridgehead atoms.